The molecule has 9 rings (SSSR count). The summed E-state index contributed by atoms with van der Waals surface area (Å²) >= 11 is 0. The van der Waals surface area contributed by atoms with Crippen molar-refractivity contribution in [1.82, 2.24) is 9.55 Å². The second kappa shape index (κ2) is 10.3. The maximum absolute atomic E-state index is 5.27. The number of hydrogen-bond acceptors (Lipinski definition) is 2. The van der Waals surface area contributed by atoms with E-state index in [1.807, 2.05) is 6.92 Å². The normalized spacial score (nSPS) is 12.8. The lowest BCUT2D eigenvalue weighted by Gasteiger charge is -2.14. The van der Waals surface area contributed by atoms with Crippen LogP contribution in [-0.2, 0) is 0 Å². The number of benzene rings is 7. The van der Waals surface area contributed by atoms with Gasteiger partial charge in [0.25, 0.3) is 0 Å². The Labute approximate surface area is 267 Å². The molecule has 0 N–H and O–H groups in total. The van der Waals surface area contributed by atoms with Crippen LogP contribution in [0.4, 0.5) is 0 Å². The lowest BCUT2D eigenvalue weighted by Crippen LogP contribution is -2.00. The zero-order chi connectivity index (χ0) is 30.8. The van der Waals surface area contributed by atoms with E-state index in [-0.39, 0.29) is 0 Å². The fourth-order valence-electron chi connectivity index (χ4n) is 7.34. The summed E-state index contributed by atoms with van der Waals surface area (Å²) in [6.07, 6.45) is 4.19. The van der Waals surface area contributed by atoms with Crippen molar-refractivity contribution in [3.8, 4) is 28.2 Å². The van der Waals surface area contributed by atoms with Gasteiger partial charge in [-0.05, 0) is 81.4 Å². The molecule has 1 aliphatic heterocycles. The van der Waals surface area contributed by atoms with Gasteiger partial charge in [-0.15, -0.1) is 0 Å². The Hall–Kier alpha value is -6.06. The Morgan fingerprint density at radius 2 is 1.20 bits per heavy atom. The zero-order valence-electron chi connectivity index (χ0n) is 25.4. The molecule has 0 unspecified atom stereocenters. The van der Waals surface area contributed by atoms with Crippen LogP contribution in [0.5, 0.6) is 0 Å². The Morgan fingerprint density at radius 1 is 0.587 bits per heavy atom. The van der Waals surface area contributed by atoms with Gasteiger partial charge in [-0.25, -0.2) is 4.98 Å². The third kappa shape index (κ3) is 3.79. The van der Waals surface area contributed by atoms with Crippen LogP contribution in [0.1, 0.15) is 18.1 Å². The highest BCUT2D eigenvalue weighted by atomic mass is 15.1. The Morgan fingerprint density at radius 3 is 1.93 bits per heavy atom. The smallest absolute Gasteiger partial charge is 0.145 e. The van der Waals surface area contributed by atoms with Crippen LogP contribution in [0.3, 0.4) is 0 Å². The third-order valence-corrected chi connectivity index (χ3v) is 9.31. The number of nitrogens with zero attached hydrogens (tertiary/aromatic N) is 3. The number of rotatable bonds is 4. The molecule has 1 aliphatic rings. The summed E-state index contributed by atoms with van der Waals surface area (Å²) in [6, 6.07) is 47.9. The average molecular weight is 588 g/mol. The first kappa shape index (κ1) is 26.4. The molecule has 0 saturated carbocycles. The predicted octanol–water partition coefficient (Wildman–Crippen LogP) is 11.3. The largest absolute Gasteiger partial charge is 0.291 e. The number of para-hydroxylation sites is 2. The quantitative estimate of drug-likeness (QED) is 0.149. The molecule has 0 fully saturated rings. The SMILES string of the molecule is C=NC1=C(/C=C\C)c2cccc3nc(-c4cccc(-c5ccc6c7ccccc7c7ccccc7c6c5)c4)n(c23)-c2ccccc21. The van der Waals surface area contributed by atoms with Crippen LogP contribution in [0.25, 0.3) is 82.8 Å². The van der Waals surface area contributed by atoms with Gasteiger partial charge in [0.2, 0.25) is 0 Å². The van der Waals surface area contributed by atoms with Crippen molar-refractivity contribution in [3.63, 3.8) is 0 Å². The Bertz CT molecular complexity index is 2580. The number of fused-ring (bicyclic) bond motifs is 8. The summed E-state index contributed by atoms with van der Waals surface area (Å²) < 4.78 is 2.31. The average Bonchev–Trinajstić information content (AvgIpc) is 3.46. The Balaban J connectivity index is 1.28. The summed E-state index contributed by atoms with van der Waals surface area (Å²) in [5.41, 5.74) is 10.5. The minimum Gasteiger partial charge on any atom is -0.291 e. The van der Waals surface area contributed by atoms with Gasteiger partial charge in [0.05, 0.1) is 22.4 Å². The van der Waals surface area contributed by atoms with E-state index < -0.39 is 0 Å². The van der Waals surface area contributed by atoms with E-state index in [1.54, 1.807) is 0 Å². The first-order chi connectivity index (χ1) is 22.7. The second-order valence-electron chi connectivity index (χ2n) is 11.8. The molecule has 46 heavy (non-hydrogen) atoms. The summed E-state index contributed by atoms with van der Waals surface area (Å²) in [7, 11) is 0. The maximum atomic E-state index is 5.27. The predicted molar refractivity (Wildman–Crippen MR) is 196 cm³/mol. The van der Waals surface area contributed by atoms with E-state index >= 15 is 0 Å². The van der Waals surface area contributed by atoms with Crippen molar-refractivity contribution in [2.75, 3.05) is 0 Å². The molecule has 0 saturated heterocycles. The van der Waals surface area contributed by atoms with Gasteiger partial charge < -0.3 is 0 Å². The third-order valence-electron chi connectivity index (χ3n) is 9.31. The Kier molecular flexibility index (Phi) is 5.87. The van der Waals surface area contributed by atoms with Gasteiger partial charge in [0, 0.05) is 22.3 Å². The standard InChI is InChI=1S/C43H29N3/c1-3-12-35-36-20-11-21-39-42(36)46(40-22-9-8-19-37(40)41(35)44-2)43(45-39)29-14-10-13-27(25-29)28-23-24-34-32-17-5-4-15-30(32)31-16-6-7-18-33(31)38(34)26-28/h3-26H,2H2,1H3/b12-3-. The first-order valence-electron chi connectivity index (χ1n) is 15.6. The van der Waals surface area contributed by atoms with Crippen LogP contribution >= 0.6 is 0 Å². The minimum atomic E-state index is 0.875. The molecule has 0 atom stereocenters. The van der Waals surface area contributed by atoms with Crippen LogP contribution in [0, 0.1) is 0 Å². The van der Waals surface area contributed by atoms with Crippen LogP contribution in [0.2, 0.25) is 0 Å². The van der Waals surface area contributed by atoms with Crippen molar-refractivity contribution in [2.45, 2.75) is 6.92 Å². The highest BCUT2D eigenvalue weighted by molar-refractivity contribution is 6.25. The molecule has 7 aromatic carbocycles. The van der Waals surface area contributed by atoms with E-state index in [0.717, 1.165) is 56.1 Å². The molecule has 3 heteroatoms. The molecular formula is C43H29N3. The topological polar surface area (TPSA) is 30.2 Å². The van der Waals surface area contributed by atoms with E-state index in [4.69, 9.17) is 4.98 Å². The van der Waals surface area contributed by atoms with Crippen molar-refractivity contribution < 1.29 is 0 Å². The minimum absolute atomic E-state index is 0.875. The lowest BCUT2D eigenvalue weighted by molar-refractivity contribution is 1.10. The molecule has 0 radical (unpaired) electrons. The van der Waals surface area contributed by atoms with Gasteiger partial charge >= 0.3 is 0 Å². The lowest BCUT2D eigenvalue weighted by atomic mass is 9.92. The van der Waals surface area contributed by atoms with Gasteiger partial charge in [0.15, 0.2) is 0 Å². The van der Waals surface area contributed by atoms with Crippen molar-refractivity contribution in [3.05, 3.63) is 157 Å². The van der Waals surface area contributed by atoms with E-state index in [9.17, 15) is 0 Å². The summed E-state index contributed by atoms with van der Waals surface area (Å²) in [5, 5.41) is 7.66. The van der Waals surface area contributed by atoms with E-state index in [0.29, 0.717) is 0 Å². The van der Waals surface area contributed by atoms with Crippen molar-refractivity contribution in [2.24, 2.45) is 4.99 Å². The molecular weight excluding hydrogens is 558 g/mol. The highest BCUT2D eigenvalue weighted by Crippen LogP contribution is 2.43. The number of imidazole rings is 1. The first-order valence-corrected chi connectivity index (χ1v) is 15.6. The van der Waals surface area contributed by atoms with Gasteiger partial charge in [0.1, 0.15) is 5.82 Å². The van der Waals surface area contributed by atoms with Crippen LogP contribution in [0.15, 0.2) is 151 Å². The highest BCUT2D eigenvalue weighted by Gasteiger charge is 2.26. The summed E-state index contributed by atoms with van der Waals surface area (Å²) in [5.74, 6) is 0.902. The summed E-state index contributed by atoms with van der Waals surface area (Å²) in [4.78, 5) is 9.84. The number of hydrogen-bond donors (Lipinski definition) is 0. The molecule has 2 heterocycles. The molecule has 1 aromatic heterocycles. The number of aliphatic imine (C=N–C) groups is 1. The fourth-order valence-corrected chi connectivity index (χ4v) is 7.34. The van der Waals surface area contributed by atoms with Crippen molar-refractivity contribution >= 4 is 61.3 Å². The fraction of sp³-hybridized carbons (Fsp3) is 0.0233. The van der Waals surface area contributed by atoms with Gasteiger partial charge in [-0.1, -0.05) is 121 Å². The van der Waals surface area contributed by atoms with Crippen LogP contribution in [-0.4, -0.2) is 16.3 Å². The van der Waals surface area contributed by atoms with Gasteiger partial charge in [-0.3, -0.25) is 9.56 Å². The second-order valence-corrected chi connectivity index (χ2v) is 11.8. The molecule has 0 aliphatic carbocycles. The summed E-state index contributed by atoms with van der Waals surface area (Å²) in [6.45, 7) is 6.02. The molecule has 0 amide bonds. The molecule has 216 valence electrons. The van der Waals surface area contributed by atoms with E-state index in [2.05, 4.69) is 162 Å². The molecule has 0 bridgehead atoms. The molecule has 3 nitrogen and oxygen atoms in total. The van der Waals surface area contributed by atoms with E-state index in [1.165, 1.54) is 37.9 Å². The monoisotopic (exact) mass is 587 g/mol. The molecule has 0 spiro atoms. The van der Waals surface area contributed by atoms with Gasteiger partial charge in [-0.2, -0.15) is 0 Å². The maximum Gasteiger partial charge on any atom is 0.145 e. The number of aromatic nitrogens is 2. The van der Waals surface area contributed by atoms with Crippen LogP contribution < -0.4 is 0 Å². The molecule has 8 aromatic rings. The zero-order valence-corrected chi connectivity index (χ0v) is 25.4. The van der Waals surface area contributed by atoms with Crippen molar-refractivity contribution in [1.29, 1.82) is 0 Å². The number of allylic oxidation sites excluding steroid dienone is 3.